The Balaban J connectivity index is 1.48. The minimum Gasteiger partial charge on any atom is -0.369 e. The predicted molar refractivity (Wildman–Crippen MR) is 110 cm³/mol. The molecule has 0 amide bonds. The molecule has 1 heterocycles. The molecule has 5 nitrogen and oxygen atoms in total. The van der Waals surface area contributed by atoms with Crippen LogP contribution in [0.1, 0.15) is 38.7 Å². The van der Waals surface area contributed by atoms with Gasteiger partial charge in [0.25, 0.3) is 0 Å². The second-order valence-corrected chi connectivity index (χ2v) is 11.4. The van der Waals surface area contributed by atoms with E-state index in [-0.39, 0.29) is 22.6 Å². The molecule has 6 heteroatoms. The lowest BCUT2D eigenvalue weighted by atomic mass is 9.69. The van der Waals surface area contributed by atoms with Crippen LogP contribution < -0.4 is 10.6 Å². The molecule has 0 aromatic heterocycles. The molecule has 0 radical (unpaired) electrons. The zero-order valence-electron chi connectivity index (χ0n) is 16.8. The topological polar surface area (TPSA) is 66.6 Å². The van der Waals surface area contributed by atoms with Gasteiger partial charge < -0.3 is 10.6 Å². The van der Waals surface area contributed by atoms with Gasteiger partial charge in [0.15, 0.2) is 0 Å². The van der Waals surface area contributed by atoms with Gasteiger partial charge in [0.05, 0.1) is 5.75 Å². The Morgan fingerprint density at radius 1 is 1.15 bits per heavy atom. The van der Waals surface area contributed by atoms with Crippen molar-refractivity contribution in [2.24, 2.45) is 22.5 Å². The summed E-state index contributed by atoms with van der Waals surface area (Å²) in [5, 5.41) is 0. The lowest BCUT2D eigenvalue weighted by Gasteiger charge is -2.43. The second kappa shape index (κ2) is 6.46. The lowest BCUT2D eigenvalue weighted by Crippen LogP contribution is -2.54. The Hall–Kier alpha value is -1.11. The third kappa shape index (κ3) is 2.91. The van der Waals surface area contributed by atoms with Crippen LogP contribution in [0.25, 0.3) is 0 Å². The molecule has 150 valence electrons. The van der Waals surface area contributed by atoms with Crippen molar-refractivity contribution in [1.29, 1.82) is 0 Å². The predicted octanol–water partition coefficient (Wildman–Crippen LogP) is 2.60. The lowest BCUT2D eigenvalue weighted by molar-refractivity contribution is 0.137. The summed E-state index contributed by atoms with van der Waals surface area (Å²) < 4.78 is 28.4. The summed E-state index contributed by atoms with van der Waals surface area (Å²) >= 11 is 0. The number of anilines is 1. The van der Waals surface area contributed by atoms with Gasteiger partial charge in [0.2, 0.25) is 10.0 Å². The highest BCUT2D eigenvalue weighted by atomic mass is 32.2. The van der Waals surface area contributed by atoms with Crippen molar-refractivity contribution in [3.63, 3.8) is 0 Å². The molecule has 3 aliphatic rings. The van der Waals surface area contributed by atoms with Crippen molar-refractivity contribution in [3.8, 4) is 0 Å². The van der Waals surface area contributed by atoms with Gasteiger partial charge in [-0.1, -0.05) is 32.0 Å². The van der Waals surface area contributed by atoms with Crippen molar-refractivity contribution in [1.82, 2.24) is 4.31 Å². The van der Waals surface area contributed by atoms with Crippen molar-refractivity contribution in [2.45, 2.75) is 46.1 Å². The van der Waals surface area contributed by atoms with Crippen LogP contribution in [0.15, 0.2) is 24.3 Å². The maximum atomic E-state index is 13.3. The molecule has 2 saturated carbocycles. The van der Waals surface area contributed by atoms with Crippen LogP contribution in [0.5, 0.6) is 0 Å². The summed E-state index contributed by atoms with van der Waals surface area (Å²) in [6, 6.07) is 8.33. The number of para-hydroxylation sites is 1. The SMILES string of the molecule is Cc1ccccc1N1CCN(S(=O)(=O)C[C@@]23CC[C@@H](C[C@H]2N)C3(C)C)CC1. The Bertz CT molecular complexity index is 814. The van der Waals surface area contributed by atoms with E-state index in [1.807, 2.05) is 12.1 Å². The smallest absolute Gasteiger partial charge is 0.214 e. The summed E-state index contributed by atoms with van der Waals surface area (Å²) in [4.78, 5) is 2.30. The Morgan fingerprint density at radius 2 is 1.81 bits per heavy atom. The zero-order valence-corrected chi connectivity index (χ0v) is 17.6. The molecule has 1 aromatic rings. The van der Waals surface area contributed by atoms with E-state index < -0.39 is 10.0 Å². The highest BCUT2D eigenvalue weighted by Crippen LogP contribution is 2.65. The summed E-state index contributed by atoms with van der Waals surface area (Å²) in [7, 11) is -3.30. The average Bonchev–Trinajstić information content (AvgIpc) is 2.96. The highest BCUT2D eigenvalue weighted by molar-refractivity contribution is 7.89. The molecule has 4 rings (SSSR count). The molecule has 0 spiro atoms. The normalized spacial score (nSPS) is 33.6. The Morgan fingerprint density at radius 3 is 2.37 bits per heavy atom. The molecule has 1 saturated heterocycles. The highest BCUT2D eigenvalue weighted by Gasteiger charge is 2.64. The maximum Gasteiger partial charge on any atom is 0.214 e. The average molecular weight is 392 g/mol. The first-order valence-corrected chi connectivity index (χ1v) is 11.8. The third-order valence-corrected chi connectivity index (χ3v) is 10.1. The standard InChI is InChI=1S/C21H33N3O2S/c1-16-6-4-5-7-18(16)23-10-12-24(13-11-23)27(25,26)15-21-9-8-17(14-19(21)22)20(21,2)3/h4-7,17,19H,8-15,22H2,1-3H3/t17-,19+,21-/m0/s1. The van der Waals surface area contributed by atoms with Gasteiger partial charge >= 0.3 is 0 Å². The molecule has 1 aromatic carbocycles. The molecule has 27 heavy (non-hydrogen) atoms. The number of fused-ring (bicyclic) bond motifs is 2. The van der Waals surface area contributed by atoms with Crippen LogP contribution in [0.3, 0.4) is 0 Å². The second-order valence-electron chi connectivity index (χ2n) is 9.38. The number of hydrogen-bond donors (Lipinski definition) is 1. The molecular formula is C21H33N3O2S. The largest absolute Gasteiger partial charge is 0.369 e. The minimum atomic E-state index is -3.30. The van der Waals surface area contributed by atoms with E-state index in [9.17, 15) is 8.42 Å². The fraction of sp³-hybridized carbons (Fsp3) is 0.714. The molecule has 2 aliphatic carbocycles. The van der Waals surface area contributed by atoms with Gasteiger partial charge in [0, 0.05) is 43.3 Å². The molecule has 0 unspecified atom stereocenters. The monoisotopic (exact) mass is 391 g/mol. The van der Waals surface area contributed by atoms with E-state index in [4.69, 9.17) is 5.73 Å². The third-order valence-electron chi connectivity index (χ3n) is 8.02. The first-order valence-electron chi connectivity index (χ1n) is 10.2. The van der Waals surface area contributed by atoms with Crippen LogP contribution in [0.2, 0.25) is 0 Å². The summed E-state index contributed by atoms with van der Waals surface area (Å²) in [5.74, 6) is 0.787. The van der Waals surface area contributed by atoms with E-state index in [0.29, 0.717) is 19.0 Å². The fourth-order valence-electron chi connectivity index (χ4n) is 6.04. The number of piperazine rings is 1. The molecule has 2 bridgehead atoms. The van der Waals surface area contributed by atoms with Crippen LogP contribution >= 0.6 is 0 Å². The van der Waals surface area contributed by atoms with Crippen molar-refractivity contribution >= 4 is 15.7 Å². The van der Waals surface area contributed by atoms with Gasteiger partial charge in [0.1, 0.15) is 0 Å². The quantitative estimate of drug-likeness (QED) is 0.857. The van der Waals surface area contributed by atoms with E-state index >= 15 is 0 Å². The van der Waals surface area contributed by atoms with Gasteiger partial charge in [-0.25, -0.2) is 8.42 Å². The van der Waals surface area contributed by atoms with Gasteiger partial charge in [-0.3, -0.25) is 0 Å². The number of nitrogens with zero attached hydrogens (tertiary/aromatic N) is 2. The first kappa shape index (κ1) is 19.2. The zero-order chi connectivity index (χ0) is 19.4. The number of sulfonamides is 1. The minimum absolute atomic E-state index is 0.00859. The number of aryl methyl sites for hydroxylation is 1. The van der Waals surface area contributed by atoms with Gasteiger partial charge in [-0.2, -0.15) is 4.31 Å². The Labute approximate surface area is 164 Å². The molecule has 1 aliphatic heterocycles. The van der Waals surface area contributed by atoms with E-state index in [1.54, 1.807) is 4.31 Å². The molecule has 3 atom stereocenters. The van der Waals surface area contributed by atoms with Crippen molar-refractivity contribution in [3.05, 3.63) is 29.8 Å². The number of hydrogen-bond acceptors (Lipinski definition) is 4. The Kier molecular flexibility index (Phi) is 4.60. The van der Waals surface area contributed by atoms with Crippen LogP contribution in [-0.4, -0.2) is 50.7 Å². The van der Waals surface area contributed by atoms with Gasteiger partial charge in [-0.05, 0) is 49.1 Å². The van der Waals surface area contributed by atoms with E-state index in [2.05, 4.69) is 37.8 Å². The van der Waals surface area contributed by atoms with Crippen molar-refractivity contribution < 1.29 is 8.42 Å². The number of benzene rings is 1. The number of rotatable bonds is 4. The maximum absolute atomic E-state index is 13.3. The summed E-state index contributed by atoms with van der Waals surface area (Å²) in [6.45, 7) is 9.20. The first-order chi connectivity index (χ1) is 12.7. The van der Waals surface area contributed by atoms with Crippen LogP contribution in [0.4, 0.5) is 5.69 Å². The molecule has 2 N–H and O–H groups in total. The van der Waals surface area contributed by atoms with E-state index in [0.717, 1.165) is 32.4 Å². The molecule has 3 fully saturated rings. The van der Waals surface area contributed by atoms with Crippen LogP contribution in [0, 0.1) is 23.7 Å². The summed E-state index contributed by atoms with van der Waals surface area (Å²) in [6.07, 6.45) is 3.05. The number of nitrogens with two attached hydrogens (primary N) is 1. The van der Waals surface area contributed by atoms with Crippen LogP contribution in [-0.2, 0) is 10.0 Å². The molecular weight excluding hydrogens is 358 g/mol. The van der Waals surface area contributed by atoms with Crippen molar-refractivity contribution in [2.75, 3.05) is 36.8 Å². The van der Waals surface area contributed by atoms with E-state index in [1.165, 1.54) is 11.3 Å². The fourth-order valence-corrected chi connectivity index (χ4v) is 8.32. The summed E-state index contributed by atoms with van der Waals surface area (Å²) in [5.41, 5.74) is 8.70. The van der Waals surface area contributed by atoms with Gasteiger partial charge in [-0.15, -0.1) is 0 Å².